The molecular formula is C13H18F2N2O2. The van der Waals surface area contributed by atoms with E-state index in [1.165, 1.54) is 6.07 Å². The molecule has 0 aliphatic rings. The van der Waals surface area contributed by atoms with E-state index in [4.69, 9.17) is 10.5 Å². The van der Waals surface area contributed by atoms with Crippen molar-refractivity contribution in [2.45, 2.75) is 25.8 Å². The molecule has 0 saturated heterocycles. The van der Waals surface area contributed by atoms with Gasteiger partial charge >= 0.3 is 0 Å². The second-order valence-corrected chi connectivity index (χ2v) is 4.40. The van der Waals surface area contributed by atoms with Crippen LogP contribution in [-0.2, 0) is 4.79 Å². The highest BCUT2D eigenvalue weighted by Gasteiger charge is 2.29. The standard InChI is InChI=1S/C13H18F2N2O2/c1-3-17-13(2,12(16)18)6-7-19-9-4-5-10(14)11(15)8-9/h4-5,8,17H,3,6-7H2,1-2H3,(H2,16,18). The fourth-order valence-electron chi connectivity index (χ4n) is 1.63. The summed E-state index contributed by atoms with van der Waals surface area (Å²) in [6.07, 6.45) is 0.329. The lowest BCUT2D eigenvalue weighted by atomic mass is 9.97. The fourth-order valence-corrected chi connectivity index (χ4v) is 1.63. The summed E-state index contributed by atoms with van der Waals surface area (Å²) in [7, 11) is 0. The van der Waals surface area contributed by atoms with E-state index >= 15 is 0 Å². The minimum absolute atomic E-state index is 0.164. The van der Waals surface area contributed by atoms with Crippen molar-refractivity contribution in [1.82, 2.24) is 5.32 Å². The Morgan fingerprint density at radius 2 is 2.11 bits per heavy atom. The molecule has 0 aromatic heterocycles. The van der Waals surface area contributed by atoms with Crippen LogP contribution in [0.1, 0.15) is 20.3 Å². The van der Waals surface area contributed by atoms with Gasteiger partial charge in [0.25, 0.3) is 0 Å². The minimum atomic E-state index is -0.971. The van der Waals surface area contributed by atoms with Crippen LogP contribution in [0.2, 0.25) is 0 Å². The lowest BCUT2D eigenvalue weighted by Crippen LogP contribution is -2.53. The number of rotatable bonds is 7. The molecule has 1 amide bonds. The summed E-state index contributed by atoms with van der Waals surface area (Å²) in [5.74, 6) is -2.17. The molecule has 1 atom stereocenters. The average Bonchev–Trinajstić information content (AvgIpc) is 2.34. The molecule has 0 aliphatic heterocycles. The highest BCUT2D eigenvalue weighted by atomic mass is 19.2. The number of hydrogen-bond donors (Lipinski definition) is 2. The maximum atomic E-state index is 12.9. The first-order chi connectivity index (χ1) is 8.89. The van der Waals surface area contributed by atoms with Crippen molar-refractivity contribution in [2.24, 2.45) is 5.73 Å². The van der Waals surface area contributed by atoms with Gasteiger partial charge in [-0.3, -0.25) is 4.79 Å². The summed E-state index contributed by atoms with van der Waals surface area (Å²) < 4.78 is 30.9. The first-order valence-electron chi connectivity index (χ1n) is 6.02. The van der Waals surface area contributed by atoms with E-state index in [1.807, 2.05) is 6.92 Å². The number of amides is 1. The van der Waals surface area contributed by atoms with E-state index < -0.39 is 23.1 Å². The number of hydrogen-bond acceptors (Lipinski definition) is 3. The van der Waals surface area contributed by atoms with E-state index in [9.17, 15) is 13.6 Å². The summed E-state index contributed by atoms with van der Waals surface area (Å²) in [6, 6.07) is 3.28. The van der Waals surface area contributed by atoms with Gasteiger partial charge in [0.2, 0.25) is 5.91 Å². The SMILES string of the molecule is CCNC(C)(CCOc1ccc(F)c(F)c1)C(N)=O. The van der Waals surface area contributed by atoms with Gasteiger partial charge < -0.3 is 15.8 Å². The molecule has 0 aliphatic carbocycles. The summed E-state index contributed by atoms with van der Waals surface area (Å²) >= 11 is 0. The number of primary amides is 1. The lowest BCUT2D eigenvalue weighted by molar-refractivity contribution is -0.124. The lowest BCUT2D eigenvalue weighted by Gasteiger charge is -2.26. The summed E-state index contributed by atoms with van der Waals surface area (Å²) in [5.41, 5.74) is 4.43. The van der Waals surface area contributed by atoms with Gasteiger partial charge in [0, 0.05) is 12.5 Å². The first kappa shape index (κ1) is 15.4. The van der Waals surface area contributed by atoms with E-state index in [-0.39, 0.29) is 12.4 Å². The second kappa shape index (κ2) is 6.47. The molecule has 106 valence electrons. The Bertz CT molecular complexity index is 454. The Balaban J connectivity index is 2.57. The Kier molecular flexibility index (Phi) is 5.23. The molecule has 6 heteroatoms. The number of nitrogens with two attached hydrogens (primary N) is 1. The second-order valence-electron chi connectivity index (χ2n) is 4.40. The average molecular weight is 272 g/mol. The highest BCUT2D eigenvalue weighted by molar-refractivity contribution is 5.84. The van der Waals surface area contributed by atoms with Crippen LogP contribution < -0.4 is 15.8 Å². The first-order valence-corrected chi connectivity index (χ1v) is 6.02. The van der Waals surface area contributed by atoms with Crippen LogP contribution in [0, 0.1) is 11.6 Å². The third kappa shape index (κ3) is 4.17. The molecule has 3 N–H and O–H groups in total. The monoisotopic (exact) mass is 272 g/mol. The highest BCUT2D eigenvalue weighted by Crippen LogP contribution is 2.17. The quantitative estimate of drug-likeness (QED) is 0.792. The number of benzene rings is 1. The van der Waals surface area contributed by atoms with Crippen molar-refractivity contribution in [3.05, 3.63) is 29.8 Å². The number of likely N-dealkylation sites (N-methyl/N-ethyl adjacent to an activating group) is 1. The Labute approximate surface area is 110 Å². The molecule has 0 heterocycles. The van der Waals surface area contributed by atoms with Crippen LogP contribution in [0.4, 0.5) is 8.78 Å². The van der Waals surface area contributed by atoms with Gasteiger partial charge in [0.15, 0.2) is 11.6 Å². The van der Waals surface area contributed by atoms with Crippen LogP contribution >= 0.6 is 0 Å². The van der Waals surface area contributed by atoms with Crippen LogP contribution in [-0.4, -0.2) is 24.6 Å². The number of carbonyl (C=O) groups excluding carboxylic acids is 1. The normalized spacial score (nSPS) is 13.9. The van der Waals surface area contributed by atoms with E-state index in [0.29, 0.717) is 13.0 Å². The molecule has 1 unspecified atom stereocenters. The van der Waals surface area contributed by atoms with Gasteiger partial charge in [-0.25, -0.2) is 8.78 Å². The fraction of sp³-hybridized carbons (Fsp3) is 0.462. The van der Waals surface area contributed by atoms with Gasteiger partial charge in [0.05, 0.1) is 12.1 Å². The van der Waals surface area contributed by atoms with Crippen molar-refractivity contribution in [3.8, 4) is 5.75 Å². The summed E-state index contributed by atoms with van der Waals surface area (Å²) in [4.78, 5) is 11.3. The van der Waals surface area contributed by atoms with Gasteiger partial charge in [-0.2, -0.15) is 0 Å². The Morgan fingerprint density at radius 1 is 1.42 bits per heavy atom. The van der Waals surface area contributed by atoms with Crippen molar-refractivity contribution >= 4 is 5.91 Å². The van der Waals surface area contributed by atoms with Crippen LogP contribution in [0.5, 0.6) is 5.75 Å². The Hall–Kier alpha value is -1.69. The third-order valence-corrected chi connectivity index (χ3v) is 2.87. The van der Waals surface area contributed by atoms with E-state index in [1.54, 1.807) is 6.92 Å². The molecule has 0 fully saturated rings. The topological polar surface area (TPSA) is 64.3 Å². The molecule has 1 rings (SSSR count). The van der Waals surface area contributed by atoms with E-state index in [0.717, 1.165) is 12.1 Å². The maximum Gasteiger partial charge on any atom is 0.237 e. The summed E-state index contributed by atoms with van der Waals surface area (Å²) in [6.45, 7) is 4.28. The van der Waals surface area contributed by atoms with Gasteiger partial charge in [-0.1, -0.05) is 6.92 Å². The number of nitrogens with one attached hydrogen (secondary N) is 1. The summed E-state index contributed by atoms with van der Waals surface area (Å²) in [5, 5.41) is 2.98. The van der Waals surface area contributed by atoms with Crippen LogP contribution in [0.25, 0.3) is 0 Å². The zero-order chi connectivity index (χ0) is 14.5. The van der Waals surface area contributed by atoms with Crippen molar-refractivity contribution < 1.29 is 18.3 Å². The molecule has 0 saturated carbocycles. The molecule has 19 heavy (non-hydrogen) atoms. The molecule has 1 aromatic carbocycles. The minimum Gasteiger partial charge on any atom is -0.493 e. The zero-order valence-electron chi connectivity index (χ0n) is 11.0. The van der Waals surface area contributed by atoms with Crippen molar-refractivity contribution in [2.75, 3.05) is 13.2 Å². The molecule has 1 aromatic rings. The number of halogens is 2. The van der Waals surface area contributed by atoms with E-state index in [2.05, 4.69) is 5.32 Å². The molecular weight excluding hydrogens is 254 g/mol. The molecule has 0 bridgehead atoms. The van der Waals surface area contributed by atoms with Gasteiger partial charge in [-0.15, -0.1) is 0 Å². The predicted molar refractivity (Wildman–Crippen MR) is 67.7 cm³/mol. The van der Waals surface area contributed by atoms with Gasteiger partial charge in [0.1, 0.15) is 5.75 Å². The Morgan fingerprint density at radius 3 is 2.63 bits per heavy atom. The third-order valence-electron chi connectivity index (χ3n) is 2.87. The maximum absolute atomic E-state index is 12.9. The van der Waals surface area contributed by atoms with Crippen molar-refractivity contribution in [1.29, 1.82) is 0 Å². The molecule has 4 nitrogen and oxygen atoms in total. The van der Waals surface area contributed by atoms with Crippen molar-refractivity contribution in [3.63, 3.8) is 0 Å². The largest absolute Gasteiger partial charge is 0.493 e. The number of ether oxygens (including phenoxy) is 1. The van der Waals surface area contributed by atoms with Crippen LogP contribution in [0.3, 0.4) is 0 Å². The molecule has 0 radical (unpaired) electrons. The molecule has 0 spiro atoms. The predicted octanol–water partition coefficient (Wildman–Crippen LogP) is 1.59. The smallest absolute Gasteiger partial charge is 0.237 e. The number of carbonyl (C=O) groups is 1. The van der Waals surface area contributed by atoms with Crippen LogP contribution in [0.15, 0.2) is 18.2 Å². The zero-order valence-corrected chi connectivity index (χ0v) is 11.0. The van der Waals surface area contributed by atoms with Gasteiger partial charge in [-0.05, 0) is 25.6 Å².